The van der Waals surface area contributed by atoms with Crippen LogP contribution >= 0.6 is 24.0 Å². The molecule has 2 heterocycles. The standard InChI is InChI=1S/C18H24ClFN4O3.ClH/c1-22-16(17(25)21-11-13-2-3-14(20)10-15(13)19)12-24(18(22)26)5-4-23-6-8-27-9-7-23;/h2-3,10,16H,4-9,11-12H2,1H3,(H,21,25);1H. The highest BCUT2D eigenvalue weighted by Gasteiger charge is 2.38. The van der Waals surface area contributed by atoms with Crippen LogP contribution in [-0.4, -0.2) is 85.7 Å². The first-order valence-corrected chi connectivity index (χ1v) is 9.37. The smallest absolute Gasteiger partial charge is 0.320 e. The van der Waals surface area contributed by atoms with Crippen molar-refractivity contribution in [1.82, 2.24) is 20.0 Å². The summed E-state index contributed by atoms with van der Waals surface area (Å²) >= 11 is 5.99. The number of hydrogen-bond donors (Lipinski definition) is 1. The monoisotopic (exact) mass is 434 g/mol. The van der Waals surface area contributed by atoms with Gasteiger partial charge in [0.05, 0.1) is 19.8 Å². The average Bonchev–Trinajstić information content (AvgIpc) is 2.95. The maximum Gasteiger partial charge on any atom is 0.320 e. The Labute approximate surface area is 175 Å². The van der Waals surface area contributed by atoms with Gasteiger partial charge in [0.15, 0.2) is 0 Å². The third-order valence-corrected chi connectivity index (χ3v) is 5.35. The molecule has 0 aromatic heterocycles. The van der Waals surface area contributed by atoms with Gasteiger partial charge in [0.2, 0.25) is 5.91 Å². The number of rotatable bonds is 6. The second-order valence-corrected chi connectivity index (χ2v) is 7.17. The number of likely N-dealkylation sites (N-methyl/N-ethyl adjacent to an activating group) is 1. The summed E-state index contributed by atoms with van der Waals surface area (Å²) in [5, 5.41) is 3.05. The van der Waals surface area contributed by atoms with Crippen LogP contribution in [0.3, 0.4) is 0 Å². The first kappa shape index (κ1) is 22.7. The fraction of sp³-hybridized carbons (Fsp3) is 0.556. The van der Waals surface area contributed by atoms with Gasteiger partial charge in [-0.1, -0.05) is 17.7 Å². The van der Waals surface area contributed by atoms with E-state index in [1.165, 1.54) is 23.1 Å². The number of carbonyl (C=O) groups excluding carboxylic acids is 2. The maximum absolute atomic E-state index is 13.1. The molecule has 7 nitrogen and oxygen atoms in total. The van der Waals surface area contributed by atoms with Gasteiger partial charge < -0.3 is 19.9 Å². The highest BCUT2D eigenvalue weighted by molar-refractivity contribution is 6.31. The van der Waals surface area contributed by atoms with Crippen molar-refractivity contribution in [3.05, 3.63) is 34.6 Å². The zero-order valence-corrected chi connectivity index (χ0v) is 17.3. The number of amides is 3. The Hall–Kier alpha value is -1.61. The quantitative estimate of drug-likeness (QED) is 0.737. The molecule has 1 atom stereocenters. The fourth-order valence-corrected chi connectivity index (χ4v) is 3.50. The molecule has 0 aliphatic carbocycles. The molecule has 28 heavy (non-hydrogen) atoms. The molecule has 2 fully saturated rings. The van der Waals surface area contributed by atoms with Gasteiger partial charge in [0, 0.05) is 44.8 Å². The zero-order valence-electron chi connectivity index (χ0n) is 15.7. The van der Waals surface area contributed by atoms with Gasteiger partial charge in [-0.15, -0.1) is 12.4 Å². The lowest BCUT2D eigenvalue weighted by Gasteiger charge is -2.28. The molecule has 0 saturated carbocycles. The number of nitrogens with one attached hydrogen (secondary N) is 1. The van der Waals surface area contributed by atoms with Gasteiger partial charge >= 0.3 is 6.03 Å². The molecule has 2 saturated heterocycles. The van der Waals surface area contributed by atoms with E-state index < -0.39 is 11.9 Å². The summed E-state index contributed by atoms with van der Waals surface area (Å²) in [6.45, 7) is 5.03. The zero-order chi connectivity index (χ0) is 19.4. The molecule has 2 aliphatic rings. The van der Waals surface area contributed by atoms with Crippen LogP contribution in [-0.2, 0) is 16.1 Å². The Morgan fingerprint density at radius 3 is 2.71 bits per heavy atom. The molecule has 1 aromatic rings. The van der Waals surface area contributed by atoms with Crippen molar-refractivity contribution < 1.29 is 18.7 Å². The second kappa shape index (κ2) is 10.2. The number of halogens is 3. The highest BCUT2D eigenvalue weighted by atomic mass is 35.5. The molecule has 3 rings (SSSR count). The lowest BCUT2D eigenvalue weighted by Crippen LogP contribution is -2.43. The van der Waals surface area contributed by atoms with Gasteiger partial charge in [-0.05, 0) is 17.7 Å². The van der Waals surface area contributed by atoms with Crippen molar-refractivity contribution in [3.8, 4) is 0 Å². The highest BCUT2D eigenvalue weighted by Crippen LogP contribution is 2.18. The minimum atomic E-state index is -0.554. The molecule has 1 unspecified atom stereocenters. The van der Waals surface area contributed by atoms with Crippen molar-refractivity contribution in [2.24, 2.45) is 0 Å². The van der Waals surface area contributed by atoms with E-state index in [0.29, 0.717) is 31.9 Å². The van der Waals surface area contributed by atoms with Crippen LogP contribution in [0.1, 0.15) is 5.56 Å². The number of morpholine rings is 1. The van der Waals surface area contributed by atoms with E-state index >= 15 is 0 Å². The Balaban J connectivity index is 0.00000280. The van der Waals surface area contributed by atoms with Crippen molar-refractivity contribution in [3.63, 3.8) is 0 Å². The molecule has 0 bridgehead atoms. The molecule has 156 valence electrons. The summed E-state index contributed by atoms with van der Waals surface area (Å²) in [7, 11) is 1.63. The van der Waals surface area contributed by atoms with Crippen LogP contribution in [0.2, 0.25) is 5.02 Å². The minimum Gasteiger partial charge on any atom is -0.379 e. The van der Waals surface area contributed by atoms with E-state index in [1.54, 1.807) is 11.9 Å². The third-order valence-electron chi connectivity index (χ3n) is 4.99. The number of ether oxygens (including phenoxy) is 1. The van der Waals surface area contributed by atoms with Crippen molar-refractivity contribution in [2.45, 2.75) is 12.6 Å². The molecular weight excluding hydrogens is 410 g/mol. The molecular formula is C18H25Cl2FN4O3. The number of carbonyl (C=O) groups is 2. The predicted molar refractivity (Wildman–Crippen MR) is 106 cm³/mol. The van der Waals surface area contributed by atoms with Crippen molar-refractivity contribution in [2.75, 3.05) is 53.0 Å². The molecule has 3 amide bonds. The van der Waals surface area contributed by atoms with Crippen LogP contribution in [0.5, 0.6) is 0 Å². The first-order chi connectivity index (χ1) is 13.0. The van der Waals surface area contributed by atoms with E-state index in [4.69, 9.17) is 16.3 Å². The Morgan fingerprint density at radius 1 is 1.32 bits per heavy atom. The van der Waals surface area contributed by atoms with E-state index in [2.05, 4.69) is 10.2 Å². The lowest BCUT2D eigenvalue weighted by molar-refractivity contribution is -0.124. The van der Waals surface area contributed by atoms with Crippen LogP contribution in [0.15, 0.2) is 18.2 Å². The number of nitrogens with zero attached hydrogens (tertiary/aromatic N) is 3. The predicted octanol–water partition coefficient (Wildman–Crippen LogP) is 1.59. The summed E-state index contributed by atoms with van der Waals surface area (Å²) in [5.74, 6) is -0.674. The van der Waals surface area contributed by atoms with Crippen LogP contribution in [0, 0.1) is 5.82 Å². The summed E-state index contributed by atoms with van der Waals surface area (Å²) in [6.07, 6.45) is 0. The van der Waals surface area contributed by atoms with Crippen LogP contribution in [0.25, 0.3) is 0 Å². The summed E-state index contributed by atoms with van der Waals surface area (Å²) in [5.41, 5.74) is 0.627. The Bertz CT molecular complexity index is 703. The Morgan fingerprint density at radius 2 is 2.04 bits per heavy atom. The topological polar surface area (TPSA) is 65.1 Å². The van der Waals surface area contributed by atoms with E-state index in [9.17, 15) is 14.0 Å². The maximum atomic E-state index is 13.1. The van der Waals surface area contributed by atoms with Crippen molar-refractivity contribution >= 4 is 35.9 Å². The van der Waals surface area contributed by atoms with Crippen LogP contribution in [0.4, 0.5) is 9.18 Å². The van der Waals surface area contributed by atoms with E-state index in [0.717, 1.165) is 19.6 Å². The lowest BCUT2D eigenvalue weighted by atomic mass is 10.2. The average molecular weight is 435 g/mol. The summed E-state index contributed by atoms with van der Waals surface area (Å²) < 4.78 is 18.4. The summed E-state index contributed by atoms with van der Waals surface area (Å²) in [6, 6.07) is 3.34. The van der Waals surface area contributed by atoms with Gasteiger partial charge in [-0.25, -0.2) is 9.18 Å². The van der Waals surface area contributed by atoms with E-state index in [1.807, 2.05) is 0 Å². The Kier molecular flexibility index (Phi) is 8.30. The molecule has 0 spiro atoms. The normalized spacial score (nSPS) is 20.2. The molecule has 1 N–H and O–H groups in total. The van der Waals surface area contributed by atoms with Crippen LogP contribution < -0.4 is 5.32 Å². The summed E-state index contributed by atoms with van der Waals surface area (Å²) in [4.78, 5) is 30.4. The SMILES string of the molecule is CN1C(=O)N(CCN2CCOCC2)CC1C(=O)NCc1ccc(F)cc1Cl.Cl. The number of benzene rings is 1. The molecule has 10 heteroatoms. The largest absolute Gasteiger partial charge is 0.379 e. The van der Waals surface area contributed by atoms with Gasteiger partial charge in [-0.2, -0.15) is 0 Å². The number of urea groups is 1. The fourth-order valence-electron chi connectivity index (χ4n) is 3.26. The minimum absolute atomic E-state index is 0. The van der Waals surface area contributed by atoms with Gasteiger partial charge in [-0.3, -0.25) is 9.69 Å². The van der Waals surface area contributed by atoms with Gasteiger partial charge in [0.1, 0.15) is 11.9 Å². The molecule has 2 aliphatic heterocycles. The van der Waals surface area contributed by atoms with Crippen molar-refractivity contribution in [1.29, 1.82) is 0 Å². The second-order valence-electron chi connectivity index (χ2n) is 6.76. The first-order valence-electron chi connectivity index (χ1n) is 8.99. The number of hydrogen-bond acceptors (Lipinski definition) is 4. The third kappa shape index (κ3) is 5.47. The molecule has 1 aromatic carbocycles. The van der Waals surface area contributed by atoms with Gasteiger partial charge in [0.25, 0.3) is 0 Å². The van der Waals surface area contributed by atoms with E-state index in [-0.39, 0.29) is 35.9 Å². The molecule has 0 radical (unpaired) electrons.